The number of halogens is 1. The van der Waals surface area contributed by atoms with Gasteiger partial charge < -0.3 is 15.4 Å². The van der Waals surface area contributed by atoms with Crippen molar-refractivity contribution >= 4 is 24.0 Å². The van der Waals surface area contributed by atoms with E-state index in [1.54, 1.807) is 0 Å². The van der Waals surface area contributed by atoms with Gasteiger partial charge in [-0.25, -0.2) is 0 Å². The predicted molar refractivity (Wildman–Crippen MR) is 92.9 cm³/mol. The minimum absolute atomic E-state index is 0. The third kappa shape index (κ3) is 6.24. The minimum atomic E-state index is 0. The van der Waals surface area contributed by atoms with Crippen LogP contribution in [0.25, 0.3) is 0 Å². The zero-order valence-electron chi connectivity index (χ0n) is 13.4. The van der Waals surface area contributed by atoms with Crippen molar-refractivity contribution < 1.29 is 9.53 Å². The van der Waals surface area contributed by atoms with Gasteiger partial charge in [-0.1, -0.05) is 26.0 Å². The van der Waals surface area contributed by atoms with Crippen molar-refractivity contribution in [2.45, 2.75) is 33.1 Å². The van der Waals surface area contributed by atoms with E-state index in [2.05, 4.69) is 24.5 Å². The number of para-hydroxylation sites is 2. The van der Waals surface area contributed by atoms with Crippen molar-refractivity contribution in [2.24, 2.45) is 11.8 Å². The fourth-order valence-corrected chi connectivity index (χ4v) is 2.46. The van der Waals surface area contributed by atoms with Crippen LogP contribution in [0.15, 0.2) is 24.3 Å². The van der Waals surface area contributed by atoms with Gasteiger partial charge >= 0.3 is 0 Å². The molecule has 0 bridgehead atoms. The van der Waals surface area contributed by atoms with Gasteiger partial charge in [0.05, 0.1) is 12.3 Å². The fraction of sp³-hybridized carbons (Fsp3) is 0.588. The van der Waals surface area contributed by atoms with E-state index in [-0.39, 0.29) is 18.3 Å². The van der Waals surface area contributed by atoms with Crippen molar-refractivity contribution in [3.8, 4) is 5.75 Å². The normalized spacial score (nSPS) is 17.1. The van der Waals surface area contributed by atoms with Crippen LogP contribution in [0.1, 0.15) is 33.1 Å². The summed E-state index contributed by atoms with van der Waals surface area (Å²) in [6, 6.07) is 7.64. The Labute approximate surface area is 139 Å². The van der Waals surface area contributed by atoms with Crippen LogP contribution in [-0.4, -0.2) is 25.6 Å². The molecule has 1 aromatic rings. The van der Waals surface area contributed by atoms with E-state index in [0.717, 1.165) is 30.9 Å². The van der Waals surface area contributed by atoms with E-state index in [4.69, 9.17) is 4.74 Å². The molecule has 1 heterocycles. The maximum absolute atomic E-state index is 12.1. The quantitative estimate of drug-likeness (QED) is 0.806. The maximum atomic E-state index is 12.1. The molecule has 1 unspecified atom stereocenters. The first kappa shape index (κ1) is 18.8. The number of carbonyl (C=O) groups excluding carboxylic acids is 1. The van der Waals surface area contributed by atoms with E-state index in [1.807, 2.05) is 24.3 Å². The van der Waals surface area contributed by atoms with Gasteiger partial charge in [0.15, 0.2) is 0 Å². The van der Waals surface area contributed by atoms with Crippen LogP contribution < -0.4 is 15.4 Å². The average molecular weight is 327 g/mol. The standard InChI is InChI=1S/C17H26N2O2.ClH/c1-13(2)12-21-16-6-4-3-5-15(16)19-17(20)8-7-14-9-10-18-11-14;/h3-6,13-14,18H,7-12H2,1-2H3,(H,19,20);1H. The smallest absolute Gasteiger partial charge is 0.224 e. The molecule has 4 nitrogen and oxygen atoms in total. The number of carbonyl (C=O) groups is 1. The van der Waals surface area contributed by atoms with Crippen LogP contribution in [0.2, 0.25) is 0 Å². The second kappa shape index (κ2) is 9.70. The van der Waals surface area contributed by atoms with Gasteiger partial charge in [0.2, 0.25) is 5.91 Å². The van der Waals surface area contributed by atoms with E-state index in [9.17, 15) is 4.79 Å². The first-order valence-corrected chi connectivity index (χ1v) is 7.87. The Kier molecular flexibility index (Phi) is 8.28. The molecule has 1 aliphatic rings. The molecule has 0 spiro atoms. The Balaban J connectivity index is 0.00000242. The van der Waals surface area contributed by atoms with E-state index in [1.165, 1.54) is 6.42 Å². The molecule has 1 aliphatic heterocycles. The third-order valence-electron chi connectivity index (χ3n) is 3.68. The summed E-state index contributed by atoms with van der Waals surface area (Å²) >= 11 is 0. The van der Waals surface area contributed by atoms with Gasteiger partial charge in [-0.3, -0.25) is 4.79 Å². The van der Waals surface area contributed by atoms with Gasteiger partial charge in [-0.05, 0) is 49.9 Å². The first-order chi connectivity index (χ1) is 10.1. The van der Waals surface area contributed by atoms with Crippen molar-refractivity contribution in [1.29, 1.82) is 0 Å². The Bertz CT molecular complexity index is 460. The summed E-state index contributed by atoms with van der Waals surface area (Å²) in [5, 5.41) is 6.30. The number of rotatable bonds is 7. The summed E-state index contributed by atoms with van der Waals surface area (Å²) < 4.78 is 5.75. The molecule has 0 aromatic heterocycles. The third-order valence-corrected chi connectivity index (χ3v) is 3.68. The number of amides is 1. The number of hydrogen-bond acceptors (Lipinski definition) is 3. The summed E-state index contributed by atoms with van der Waals surface area (Å²) in [4.78, 5) is 12.1. The van der Waals surface area contributed by atoms with E-state index >= 15 is 0 Å². The molecule has 1 fully saturated rings. The van der Waals surface area contributed by atoms with Gasteiger partial charge in [-0.2, -0.15) is 0 Å². The zero-order chi connectivity index (χ0) is 15.1. The molecule has 1 aromatic carbocycles. The second-order valence-corrected chi connectivity index (χ2v) is 6.15. The van der Waals surface area contributed by atoms with Crippen LogP contribution in [-0.2, 0) is 4.79 Å². The molecule has 1 amide bonds. The Morgan fingerprint density at radius 3 is 2.86 bits per heavy atom. The molecule has 2 rings (SSSR count). The topological polar surface area (TPSA) is 50.4 Å². The lowest BCUT2D eigenvalue weighted by Crippen LogP contribution is -2.16. The highest BCUT2D eigenvalue weighted by Crippen LogP contribution is 2.25. The highest BCUT2D eigenvalue weighted by molar-refractivity contribution is 5.92. The van der Waals surface area contributed by atoms with Crippen LogP contribution in [0.4, 0.5) is 5.69 Å². The zero-order valence-corrected chi connectivity index (χ0v) is 14.2. The fourth-order valence-electron chi connectivity index (χ4n) is 2.46. The lowest BCUT2D eigenvalue weighted by Gasteiger charge is -2.14. The van der Waals surface area contributed by atoms with Crippen LogP contribution >= 0.6 is 12.4 Å². The number of benzene rings is 1. The Hall–Kier alpha value is -1.26. The van der Waals surface area contributed by atoms with Crippen LogP contribution in [0, 0.1) is 11.8 Å². The van der Waals surface area contributed by atoms with Crippen molar-refractivity contribution in [2.75, 3.05) is 25.0 Å². The average Bonchev–Trinajstić information content (AvgIpc) is 2.97. The molecule has 5 heteroatoms. The highest BCUT2D eigenvalue weighted by atomic mass is 35.5. The van der Waals surface area contributed by atoms with Crippen LogP contribution in [0.3, 0.4) is 0 Å². The second-order valence-electron chi connectivity index (χ2n) is 6.15. The summed E-state index contributed by atoms with van der Waals surface area (Å²) in [5.41, 5.74) is 0.771. The van der Waals surface area contributed by atoms with E-state index in [0.29, 0.717) is 24.9 Å². The SMILES string of the molecule is CC(C)COc1ccccc1NC(=O)CCC1CCNC1.Cl. The molecule has 0 saturated carbocycles. The van der Waals surface area contributed by atoms with Crippen molar-refractivity contribution in [3.05, 3.63) is 24.3 Å². The number of anilines is 1. The van der Waals surface area contributed by atoms with Gasteiger partial charge in [0.25, 0.3) is 0 Å². The van der Waals surface area contributed by atoms with Crippen molar-refractivity contribution in [1.82, 2.24) is 5.32 Å². The Morgan fingerprint density at radius 2 is 2.18 bits per heavy atom. The minimum Gasteiger partial charge on any atom is -0.491 e. The molecule has 2 N–H and O–H groups in total. The predicted octanol–water partition coefficient (Wildman–Crippen LogP) is 3.47. The molecule has 1 atom stereocenters. The monoisotopic (exact) mass is 326 g/mol. The van der Waals surface area contributed by atoms with E-state index < -0.39 is 0 Å². The van der Waals surface area contributed by atoms with Crippen LogP contribution in [0.5, 0.6) is 5.75 Å². The largest absolute Gasteiger partial charge is 0.491 e. The lowest BCUT2D eigenvalue weighted by atomic mass is 10.0. The highest BCUT2D eigenvalue weighted by Gasteiger charge is 2.16. The molecule has 1 saturated heterocycles. The first-order valence-electron chi connectivity index (χ1n) is 7.87. The molecule has 22 heavy (non-hydrogen) atoms. The summed E-state index contributed by atoms with van der Waals surface area (Å²) in [6.07, 6.45) is 2.71. The summed E-state index contributed by atoms with van der Waals surface area (Å²) in [6.45, 7) is 6.99. The molecule has 0 aliphatic carbocycles. The molecular formula is C17H27ClN2O2. The summed E-state index contributed by atoms with van der Waals surface area (Å²) in [7, 11) is 0. The van der Waals surface area contributed by atoms with Gasteiger partial charge in [0.1, 0.15) is 5.75 Å². The van der Waals surface area contributed by atoms with Gasteiger partial charge in [0, 0.05) is 6.42 Å². The number of ether oxygens (including phenoxy) is 1. The number of hydrogen-bond donors (Lipinski definition) is 2. The van der Waals surface area contributed by atoms with Crippen molar-refractivity contribution in [3.63, 3.8) is 0 Å². The molecule has 124 valence electrons. The lowest BCUT2D eigenvalue weighted by molar-refractivity contribution is -0.116. The summed E-state index contributed by atoms with van der Waals surface area (Å²) in [5.74, 6) is 1.93. The number of nitrogens with one attached hydrogen (secondary N) is 2. The molecule has 0 radical (unpaired) electrons. The van der Waals surface area contributed by atoms with Gasteiger partial charge in [-0.15, -0.1) is 12.4 Å². The Morgan fingerprint density at radius 1 is 1.41 bits per heavy atom. The molecular weight excluding hydrogens is 300 g/mol. The maximum Gasteiger partial charge on any atom is 0.224 e.